The van der Waals surface area contributed by atoms with Gasteiger partial charge >= 0.3 is 0 Å². The van der Waals surface area contributed by atoms with Gasteiger partial charge in [-0.1, -0.05) is 6.42 Å². The molecule has 1 aliphatic heterocycles. The van der Waals surface area contributed by atoms with Gasteiger partial charge in [0.25, 0.3) is 0 Å². The number of carbonyl (C=O) groups is 2. The third-order valence-electron chi connectivity index (χ3n) is 8.68. The number of amides is 1. The molecule has 0 radical (unpaired) electrons. The summed E-state index contributed by atoms with van der Waals surface area (Å²) in [4.78, 5) is 34.4. The van der Waals surface area contributed by atoms with Gasteiger partial charge in [0.1, 0.15) is 5.82 Å². The quantitative estimate of drug-likeness (QED) is 0.557. The minimum absolute atomic E-state index is 0.0578. The van der Waals surface area contributed by atoms with E-state index in [0.29, 0.717) is 23.4 Å². The Morgan fingerprint density at radius 1 is 1.11 bits per heavy atom. The fourth-order valence-corrected chi connectivity index (χ4v) is 6.28. The molecule has 1 amide bonds. The maximum atomic E-state index is 14.5. The normalized spacial score (nSPS) is 22.1. The number of benzene rings is 1. The Kier molecular flexibility index (Phi) is 6.51. The number of piperazine rings is 1. The van der Waals surface area contributed by atoms with Gasteiger partial charge in [-0.05, 0) is 92.8 Å². The van der Waals surface area contributed by atoms with Crippen molar-refractivity contribution in [1.29, 1.82) is 0 Å². The zero-order valence-corrected chi connectivity index (χ0v) is 21.1. The van der Waals surface area contributed by atoms with Crippen LogP contribution < -0.4 is 0 Å². The van der Waals surface area contributed by atoms with E-state index in [1.807, 2.05) is 19.9 Å². The Balaban J connectivity index is 1.21. The number of halogens is 1. The van der Waals surface area contributed by atoms with Crippen molar-refractivity contribution < 1.29 is 14.0 Å². The van der Waals surface area contributed by atoms with Gasteiger partial charge in [-0.15, -0.1) is 0 Å². The van der Waals surface area contributed by atoms with E-state index in [-0.39, 0.29) is 30.0 Å². The van der Waals surface area contributed by atoms with Crippen molar-refractivity contribution in [3.63, 3.8) is 0 Å². The molecule has 0 bridgehead atoms. The number of hydrogen-bond acceptors (Lipinski definition) is 4. The highest BCUT2D eigenvalue weighted by atomic mass is 19.1. The van der Waals surface area contributed by atoms with Gasteiger partial charge in [0.15, 0.2) is 5.78 Å². The number of Topliss-reactive ketones (excluding diaryl/α,β-unsaturated/α-hetero) is 1. The Morgan fingerprint density at radius 3 is 2.49 bits per heavy atom. The molecular weight excluding hydrogens is 441 g/mol. The van der Waals surface area contributed by atoms with E-state index in [9.17, 15) is 14.0 Å². The summed E-state index contributed by atoms with van der Waals surface area (Å²) in [5, 5.41) is 0. The summed E-state index contributed by atoms with van der Waals surface area (Å²) >= 11 is 0. The molecule has 6 heteroatoms. The van der Waals surface area contributed by atoms with E-state index in [0.717, 1.165) is 54.9 Å². The first-order valence-corrected chi connectivity index (χ1v) is 13.0. The van der Waals surface area contributed by atoms with Crippen molar-refractivity contribution in [2.24, 2.45) is 11.3 Å². The second-order valence-electron chi connectivity index (χ2n) is 11.2. The highest BCUT2D eigenvalue weighted by molar-refractivity contribution is 5.97. The van der Waals surface area contributed by atoms with E-state index < -0.39 is 0 Å². The second-order valence-corrected chi connectivity index (χ2v) is 11.2. The fourth-order valence-electron chi connectivity index (χ4n) is 6.28. The maximum Gasteiger partial charge on any atom is 0.226 e. The zero-order valence-electron chi connectivity index (χ0n) is 21.1. The van der Waals surface area contributed by atoms with Crippen LogP contribution in [0.1, 0.15) is 71.8 Å². The van der Waals surface area contributed by atoms with Crippen LogP contribution >= 0.6 is 0 Å². The average Bonchev–Trinajstić information content (AvgIpc) is 2.75. The van der Waals surface area contributed by atoms with Gasteiger partial charge < -0.3 is 4.90 Å². The monoisotopic (exact) mass is 477 g/mol. The number of rotatable bonds is 6. The molecule has 2 heterocycles. The number of aryl methyl sites for hydroxylation is 1. The van der Waals surface area contributed by atoms with Crippen molar-refractivity contribution in [2.45, 2.75) is 71.9 Å². The molecule has 1 aromatic heterocycles. The van der Waals surface area contributed by atoms with Gasteiger partial charge in [0.05, 0.1) is 0 Å². The van der Waals surface area contributed by atoms with E-state index in [1.165, 1.54) is 25.3 Å². The largest absolute Gasteiger partial charge is 0.337 e. The molecule has 2 saturated carbocycles. The number of aromatic nitrogens is 1. The SMILES string of the molecule is Cc1ccc(C(=O)Cc2cc(F)cc(CN3CCN(C(=O)C4CC5(CCC5)C4)[C@@H](C)C3)c2C)cn1. The molecule has 186 valence electrons. The highest BCUT2D eigenvalue weighted by Gasteiger charge is 2.51. The fraction of sp³-hybridized carbons (Fsp3) is 0.552. The summed E-state index contributed by atoms with van der Waals surface area (Å²) in [5.41, 5.74) is 4.51. The van der Waals surface area contributed by atoms with E-state index in [1.54, 1.807) is 18.3 Å². The van der Waals surface area contributed by atoms with Gasteiger partial charge in [0.2, 0.25) is 5.91 Å². The van der Waals surface area contributed by atoms with E-state index in [4.69, 9.17) is 0 Å². The predicted molar refractivity (Wildman–Crippen MR) is 134 cm³/mol. The molecule has 0 N–H and O–H groups in total. The maximum absolute atomic E-state index is 14.5. The molecule has 0 unspecified atom stereocenters. The van der Waals surface area contributed by atoms with Crippen LogP contribution in [-0.4, -0.2) is 52.2 Å². The second kappa shape index (κ2) is 9.45. The van der Waals surface area contributed by atoms with Gasteiger partial charge in [-0.25, -0.2) is 4.39 Å². The lowest BCUT2D eigenvalue weighted by atomic mass is 9.51. The predicted octanol–water partition coefficient (Wildman–Crippen LogP) is 4.88. The van der Waals surface area contributed by atoms with Crippen molar-refractivity contribution in [3.8, 4) is 0 Å². The molecule has 2 aliphatic carbocycles. The number of pyridine rings is 1. The highest BCUT2D eigenvalue weighted by Crippen LogP contribution is 2.59. The minimum Gasteiger partial charge on any atom is -0.337 e. The lowest BCUT2D eigenvalue weighted by molar-refractivity contribution is -0.152. The molecule has 35 heavy (non-hydrogen) atoms. The summed E-state index contributed by atoms with van der Waals surface area (Å²) in [6.07, 6.45) is 7.86. The van der Waals surface area contributed by atoms with Crippen LogP contribution in [0, 0.1) is 31.0 Å². The number of nitrogens with zero attached hydrogens (tertiary/aromatic N) is 3. The molecule has 3 fully saturated rings. The molecule has 2 aromatic rings. The van der Waals surface area contributed by atoms with E-state index >= 15 is 0 Å². The summed E-state index contributed by atoms with van der Waals surface area (Å²) in [7, 11) is 0. The first kappa shape index (κ1) is 24.1. The van der Waals surface area contributed by atoms with Crippen LogP contribution in [0.15, 0.2) is 30.5 Å². The number of ketones is 1. The van der Waals surface area contributed by atoms with Crippen LogP contribution in [-0.2, 0) is 17.8 Å². The molecule has 1 aromatic carbocycles. The van der Waals surface area contributed by atoms with Crippen LogP contribution in [0.2, 0.25) is 0 Å². The average molecular weight is 478 g/mol. The Labute approximate surface area is 207 Å². The van der Waals surface area contributed by atoms with Crippen molar-refractivity contribution in [3.05, 3.63) is 64.2 Å². The minimum atomic E-state index is -0.313. The van der Waals surface area contributed by atoms with Gasteiger partial charge in [0, 0.05) is 62.0 Å². The Bertz CT molecular complexity index is 1120. The molecule has 5 nitrogen and oxygen atoms in total. The van der Waals surface area contributed by atoms with Crippen molar-refractivity contribution >= 4 is 11.7 Å². The molecule has 3 aliphatic rings. The van der Waals surface area contributed by atoms with E-state index in [2.05, 4.69) is 21.7 Å². The topological polar surface area (TPSA) is 53.5 Å². The number of carbonyl (C=O) groups excluding carboxylic acids is 2. The van der Waals surface area contributed by atoms with Crippen molar-refractivity contribution in [2.75, 3.05) is 19.6 Å². The Hall–Kier alpha value is -2.60. The third-order valence-corrected chi connectivity index (χ3v) is 8.68. The third kappa shape index (κ3) is 4.90. The van der Waals surface area contributed by atoms with Crippen LogP contribution in [0.25, 0.3) is 0 Å². The number of hydrogen-bond donors (Lipinski definition) is 0. The standard InChI is InChI=1S/C29H36FN3O2/c1-19-5-6-22(16-31-19)27(34)13-23-11-26(30)12-24(21(23)3)18-32-9-10-33(20(2)17-32)28(35)25-14-29(15-25)7-4-8-29/h5-6,11-12,16,20,25H,4,7-10,13-15,17-18H2,1-3H3/t20-/m0/s1. The summed E-state index contributed by atoms with van der Waals surface area (Å²) in [5.74, 6) is 0.186. The first-order chi connectivity index (χ1) is 16.7. The van der Waals surface area contributed by atoms with Crippen LogP contribution in [0.4, 0.5) is 4.39 Å². The lowest BCUT2D eigenvalue weighted by Crippen LogP contribution is -2.58. The Morgan fingerprint density at radius 2 is 1.86 bits per heavy atom. The molecule has 5 rings (SSSR count). The first-order valence-electron chi connectivity index (χ1n) is 13.0. The molecular formula is C29H36FN3O2. The van der Waals surface area contributed by atoms with Gasteiger partial charge in [-0.2, -0.15) is 0 Å². The molecule has 1 saturated heterocycles. The van der Waals surface area contributed by atoms with Gasteiger partial charge in [-0.3, -0.25) is 19.5 Å². The zero-order chi connectivity index (χ0) is 24.7. The molecule has 1 atom stereocenters. The summed E-state index contributed by atoms with van der Waals surface area (Å²) in [6, 6.07) is 6.81. The summed E-state index contributed by atoms with van der Waals surface area (Å²) < 4.78 is 14.5. The van der Waals surface area contributed by atoms with Crippen LogP contribution in [0.5, 0.6) is 0 Å². The smallest absolute Gasteiger partial charge is 0.226 e. The van der Waals surface area contributed by atoms with Crippen molar-refractivity contribution in [1.82, 2.24) is 14.8 Å². The van der Waals surface area contributed by atoms with Crippen LogP contribution in [0.3, 0.4) is 0 Å². The molecule has 1 spiro atoms. The summed E-state index contributed by atoms with van der Waals surface area (Å²) in [6.45, 7) is 8.89. The lowest BCUT2D eigenvalue weighted by Gasteiger charge is -2.55.